The molecule has 1 unspecified atom stereocenters. The Hall–Kier alpha value is -2.65. The van der Waals surface area contributed by atoms with Gasteiger partial charge in [0, 0.05) is 29.9 Å². The average molecular weight is 345 g/mol. The number of nitrogens with zero attached hydrogens (tertiary/aromatic N) is 1. The van der Waals surface area contributed by atoms with E-state index in [4.69, 9.17) is 16.9 Å². The van der Waals surface area contributed by atoms with E-state index in [2.05, 4.69) is 16.2 Å². The number of hydrogen-bond donors (Lipinski definition) is 2. The van der Waals surface area contributed by atoms with E-state index in [-0.39, 0.29) is 6.04 Å². The van der Waals surface area contributed by atoms with Crippen molar-refractivity contribution < 1.29 is 13.5 Å². The maximum absolute atomic E-state index is 12.3. The number of pyridine rings is 1. The van der Waals surface area contributed by atoms with Crippen LogP contribution < -0.4 is 15.8 Å². The molecule has 0 radical (unpaired) electrons. The van der Waals surface area contributed by atoms with Crippen molar-refractivity contribution in [1.29, 1.82) is 0 Å². The minimum atomic E-state index is -2.49. The van der Waals surface area contributed by atoms with Gasteiger partial charge in [0.15, 0.2) is 0 Å². The normalized spacial score (nSPS) is 12.0. The lowest BCUT2D eigenvalue weighted by molar-refractivity contribution is 0.0815. The van der Waals surface area contributed by atoms with Gasteiger partial charge in [-0.05, 0) is 37.1 Å². The summed E-state index contributed by atoms with van der Waals surface area (Å²) in [5.74, 6) is 3.47. The first-order chi connectivity index (χ1) is 11.9. The minimum Gasteiger partial charge on any atom is -0.487 e. The summed E-state index contributed by atoms with van der Waals surface area (Å²) < 4.78 is 29.6. The Balaban J connectivity index is 2.05. The molecule has 6 heteroatoms. The SMILES string of the molecule is C#Cc1ccnc(N)c1CNC(C)c1ccc(OCC(F)F)c(C)c1. The third-order valence-corrected chi connectivity index (χ3v) is 3.89. The molecular formula is C19H21F2N3O. The van der Waals surface area contributed by atoms with Gasteiger partial charge in [0.1, 0.15) is 18.2 Å². The number of hydrogen-bond acceptors (Lipinski definition) is 4. The van der Waals surface area contributed by atoms with Crippen molar-refractivity contribution >= 4 is 5.82 Å². The molecule has 1 aromatic carbocycles. The maximum atomic E-state index is 12.3. The second-order valence-electron chi connectivity index (χ2n) is 5.70. The van der Waals surface area contributed by atoms with Gasteiger partial charge in [-0.3, -0.25) is 0 Å². The number of rotatable bonds is 7. The third kappa shape index (κ3) is 4.91. The number of nitrogen functional groups attached to an aromatic ring is 1. The third-order valence-electron chi connectivity index (χ3n) is 3.89. The molecule has 0 bridgehead atoms. The summed E-state index contributed by atoms with van der Waals surface area (Å²) in [7, 11) is 0. The van der Waals surface area contributed by atoms with Crippen LogP contribution in [0.25, 0.3) is 0 Å². The Morgan fingerprint density at radius 1 is 1.36 bits per heavy atom. The smallest absolute Gasteiger partial charge is 0.272 e. The molecule has 0 aliphatic heterocycles. The molecule has 0 spiro atoms. The largest absolute Gasteiger partial charge is 0.487 e. The summed E-state index contributed by atoms with van der Waals surface area (Å²) in [6.07, 6.45) is 4.59. The molecule has 2 aromatic rings. The maximum Gasteiger partial charge on any atom is 0.272 e. The molecule has 25 heavy (non-hydrogen) atoms. The number of anilines is 1. The zero-order chi connectivity index (χ0) is 18.4. The minimum absolute atomic E-state index is 0.00748. The van der Waals surface area contributed by atoms with Crippen LogP contribution in [0.3, 0.4) is 0 Å². The van der Waals surface area contributed by atoms with Gasteiger partial charge < -0.3 is 15.8 Å². The second-order valence-corrected chi connectivity index (χ2v) is 5.70. The average Bonchev–Trinajstić information content (AvgIpc) is 2.58. The van der Waals surface area contributed by atoms with Gasteiger partial charge in [-0.2, -0.15) is 0 Å². The van der Waals surface area contributed by atoms with Crippen LogP contribution in [0.4, 0.5) is 14.6 Å². The molecule has 0 aliphatic rings. The van der Waals surface area contributed by atoms with Crippen LogP contribution >= 0.6 is 0 Å². The first-order valence-corrected chi connectivity index (χ1v) is 7.87. The lowest BCUT2D eigenvalue weighted by Crippen LogP contribution is -2.20. The number of alkyl halides is 2. The Bertz CT molecular complexity index is 772. The van der Waals surface area contributed by atoms with Crippen molar-refractivity contribution in [2.24, 2.45) is 0 Å². The summed E-state index contributed by atoms with van der Waals surface area (Å²) >= 11 is 0. The molecule has 4 nitrogen and oxygen atoms in total. The summed E-state index contributed by atoms with van der Waals surface area (Å²) in [6.45, 7) is 3.69. The van der Waals surface area contributed by atoms with Crippen LogP contribution in [-0.4, -0.2) is 18.0 Å². The highest BCUT2D eigenvalue weighted by molar-refractivity contribution is 5.50. The molecule has 1 heterocycles. The Labute approximate surface area is 146 Å². The van der Waals surface area contributed by atoms with Crippen LogP contribution in [0.2, 0.25) is 0 Å². The van der Waals surface area contributed by atoms with Crippen LogP contribution in [0.15, 0.2) is 30.5 Å². The zero-order valence-corrected chi connectivity index (χ0v) is 14.2. The van der Waals surface area contributed by atoms with Gasteiger partial charge in [-0.1, -0.05) is 18.1 Å². The summed E-state index contributed by atoms with van der Waals surface area (Å²) in [5.41, 5.74) is 9.20. The van der Waals surface area contributed by atoms with Gasteiger partial charge in [0.2, 0.25) is 0 Å². The monoisotopic (exact) mass is 345 g/mol. The van der Waals surface area contributed by atoms with E-state index in [1.165, 1.54) is 0 Å². The Morgan fingerprint density at radius 2 is 2.12 bits per heavy atom. The second kappa shape index (κ2) is 8.45. The van der Waals surface area contributed by atoms with Crippen molar-refractivity contribution in [3.8, 4) is 18.1 Å². The highest BCUT2D eigenvalue weighted by atomic mass is 19.3. The summed E-state index contributed by atoms with van der Waals surface area (Å²) in [6, 6.07) is 7.22. The van der Waals surface area contributed by atoms with E-state index < -0.39 is 13.0 Å². The number of nitrogens with two attached hydrogens (primary N) is 1. The number of benzene rings is 1. The van der Waals surface area contributed by atoms with Crippen LogP contribution in [-0.2, 0) is 6.54 Å². The molecule has 2 rings (SSSR count). The summed E-state index contributed by atoms with van der Waals surface area (Å²) in [5, 5.41) is 3.35. The fraction of sp³-hybridized carbons (Fsp3) is 0.316. The molecule has 0 saturated carbocycles. The van der Waals surface area contributed by atoms with E-state index in [1.807, 2.05) is 26.0 Å². The molecular weight excluding hydrogens is 324 g/mol. The topological polar surface area (TPSA) is 60.2 Å². The number of halogens is 2. The van der Waals surface area contributed by atoms with Gasteiger partial charge in [-0.25, -0.2) is 13.8 Å². The molecule has 1 aromatic heterocycles. The highest BCUT2D eigenvalue weighted by Crippen LogP contribution is 2.24. The first kappa shape index (κ1) is 18.7. The summed E-state index contributed by atoms with van der Waals surface area (Å²) in [4.78, 5) is 4.06. The number of ether oxygens (including phenoxy) is 1. The van der Waals surface area contributed by atoms with Crippen LogP contribution in [0.5, 0.6) is 5.75 Å². The van der Waals surface area contributed by atoms with E-state index in [0.29, 0.717) is 23.7 Å². The fourth-order valence-corrected chi connectivity index (χ4v) is 2.46. The van der Waals surface area contributed by atoms with Gasteiger partial charge in [0.05, 0.1) is 0 Å². The number of aryl methyl sites for hydroxylation is 1. The van der Waals surface area contributed by atoms with E-state index >= 15 is 0 Å². The number of terminal acetylenes is 1. The van der Waals surface area contributed by atoms with Crippen molar-refractivity contribution in [2.75, 3.05) is 12.3 Å². The van der Waals surface area contributed by atoms with Gasteiger partial charge >= 0.3 is 0 Å². The van der Waals surface area contributed by atoms with Crippen LogP contribution in [0, 0.1) is 19.3 Å². The number of aromatic nitrogens is 1. The molecule has 0 saturated heterocycles. The van der Waals surface area contributed by atoms with E-state index in [9.17, 15) is 8.78 Å². The standard InChI is InChI=1S/C19H21F2N3O/c1-4-14-7-8-23-19(22)16(14)10-24-13(3)15-5-6-17(12(2)9-15)25-11-18(20)21/h1,5-9,13,18,24H,10-11H2,2-3H3,(H2,22,23). The number of nitrogens with one attached hydrogen (secondary N) is 1. The van der Waals surface area contributed by atoms with Crippen molar-refractivity contribution in [2.45, 2.75) is 32.9 Å². The lowest BCUT2D eigenvalue weighted by Gasteiger charge is -2.17. The van der Waals surface area contributed by atoms with Crippen LogP contribution in [0.1, 0.15) is 35.2 Å². The Morgan fingerprint density at radius 3 is 2.76 bits per heavy atom. The van der Waals surface area contributed by atoms with Crippen molar-refractivity contribution in [3.63, 3.8) is 0 Å². The molecule has 3 N–H and O–H groups in total. The highest BCUT2D eigenvalue weighted by Gasteiger charge is 2.12. The fourth-order valence-electron chi connectivity index (χ4n) is 2.46. The van der Waals surface area contributed by atoms with Crippen molar-refractivity contribution in [1.82, 2.24) is 10.3 Å². The zero-order valence-electron chi connectivity index (χ0n) is 14.2. The molecule has 132 valence electrons. The molecule has 0 aliphatic carbocycles. The quantitative estimate of drug-likeness (QED) is 0.755. The molecule has 0 amide bonds. The predicted octanol–water partition coefficient (Wildman–Crippen LogP) is 3.45. The van der Waals surface area contributed by atoms with Crippen molar-refractivity contribution in [3.05, 3.63) is 52.7 Å². The van der Waals surface area contributed by atoms with Gasteiger partial charge in [-0.15, -0.1) is 6.42 Å². The van der Waals surface area contributed by atoms with E-state index in [1.54, 1.807) is 18.3 Å². The lowest BCUT2D eigenvalue weighted by atomic mass is 10.0. The first-order valence-electron chi connectivity index (χ1n) is 7.87. The van der Waals surface area contributed by atoms with Gasteiger partial charge in [0.25, 0.3) is 6.43 Å². The Kier molecular flexibility index (Phi) is 6.31. The molecule has 1 atom stereocenters. The predicted molar refractivity (Wildman–Crippen MR) is 94.5 cm³/mol. The molecule has 0 fully saturated rings. The van der Waals surface area contributed by atoms with E-state index in [0.717, 1.165) is 16.7 Å².